The van der Waals surface area contributed by atoms with Gasteiger partial charge in [0.1, 0.15) is 18.0 Å². The molecule has 3 aliphatic rings. The third-order valence-electron chi connectivity index (χ3n) is 7.63. The molecule has 2 aromatic rings. The van der Waals surface area contributed by atoms with E-state index < -0.39 is 30.5 Å². The molecule has 11 nitrogen and oxygen atoms in total. The van der Waals surface area contributed by atoms with Crippen LogP contribution in [0.25, 0.3) is 0 Å². The first-order chi connectivity index (χ1) is 18.1. The zero-order valence-electron chi connectivity index (χ0n) is 21.4. The number of alkyl halides is 2. The second-order valence-corrected chi connectivity index (χ2v) is 11.6. The van der Waals surface area contributed by atoms with Crippen molar-refractivity contribution in [2.75, 3.05) is 48.8 Å². The number of hydrogen-bond donors (Lipinski definition) is 3. The van der Waals surface area contributed by atoms with Crippen LogP contribution in [0.15, 0.2) is 18.5 Å². The van der Waals surface area contributed by atoms with Gasteiger partial charge in [0.05, 0.1) is 0 Å². The molecule has 5 rings (SSSR count). The molecule has 206 valence electrons. The lowest BCUT2D eigenvalue weighted by Crippen LogP contribution is -2.60. The van der Waals surface area contributed by atoms with Crippen molar-refractivity contribution in [3.8, 4) is 0 Å². The van der Waals surface area contributed by atoms with Crippen molar-refractivity contribution >= 4 is 40.4 Å². The summed E-state index contributed by atoms with van der Waals surface area (Å²) >= 11 is 1.26. The monoisotopic (exact) mass is 550 g/mol. The van der Waals surface area contributed by atoms with E-state index in [0.717, 1.165) is 48.5 Å². The van der Waals surface area contributed by atoms with Gasteiger partial charge in [-0.3, -0.25) is 10.6 Å². The summed E-state index contributed by atoms with van der Waals surface area (Å²) in [6.07, 6.45) is 5.79. The number of rotatable bonds is 5. The third kappa shape index (κ3) is 5.80. The Kier molecular flexibility index (Phi) is 7.36. The first kappa shape index (κ1) is 26.5. The molecule has 14 heteroatoms. The largest absolute Gasteiger partial charge is 0.446 e. The van der Waals surface area contributed by atoms with Gasteiger partial charge in [0, 0.05) is 43.8 Å². The summed E-state index contributed by atoms with van der Waals surface area (Å²) < 4.78 is 35.3. The maximum atomic E-state index is 14.9. The van der Waals surface area contributed by atoms with E-state index in [9.17, 15) is 18.4 Å². The Morgan fingerprint density at radius 1 is 1.21 bits per heavy atom. The number of likely N-dealkylation sites (N-methyl/N-ethyl adjacent to an activating group) is 1. The molecule has 1 aliphatic carbocycles. The Morgan fingerprint density at radius 3 is 2.68 bits per heavy atom. The Labute approximate surface area is 223 Å². The van der Waals surface area contributed by atoms with Gasteiger partial charge in [0.25, 0.3) is 5.92 Å². The molecule has 1 spiro atoms. The van der Waals surface area contributed by atoms with E-state index in [2.05, 4.69) is 30.9 Å². The Balaban J connectivity index is 1.18. The zero-order valence-corrected chi connectivity index (χ0v) is 22.2. The first-order valence-electron chi connectivity index (χ1n) is 12.7. The number of halogens is 2. The van der Waals surface area contributed by atoms with Crippen LogP contribution in [0.4, 0.5) is 35.3 Å². The number of amides is 3. The molecular weight excluding hydrogens is 518 g/mol. The number of anilines is 3. The lowest BCUT2D eigenvalue weighted by Gasteiger charge is -2.49. The first-order valence-corrected chi connectivity index (χ1v) is 13.5. The van der Waals surface area contributed by atoms with Crippen molar-refractivity contribution in [2.24, 2.45) is 5.41 Å². The fourth-order valence-electron chi connectivity index (χ4n) is 5.42. The van der Waals surface area contributed by atoms with E-state index in [4.69, 9.17) is 4.74 Å². The molecule has 0 radical (unpaired) electrons. The number of aryl methyl sites for hydroxylation is 1. The highest BCUT2D eigenvalue weighted by atomic mass is 32.1. The average molecular weight is 551 g/mol. The van der Waals surface area contributed by atoms with Crippen LogP contribution in [0, 0.1) is 12.3 Å². The molecule has 2 aliphatic heterocycles. The van der Waals surface area contributed by atoms with Crippen LogP contribution >= 0.6 is 11.3 Å². The molecule has 3 amide bonds. The molecule has 4 heterocycles. The van der Waals surface area contributed by atoms with Gasteiger partial charge in [-0.25, -0.2) is 28.3 Å². The molecule has 2 saturated heterocycles. The summed E-state index contributed by atoms with van der Waals surface area (Å²) in [7, 11) is 1.33. The molecule has 1 saturated carbocycles. The van der Waals surface area contributed by atoms with Crippen LogP contribution in [0.5, 0.6) is 0 Å². The quantitative estimate of drug-likeness (QED) is 0.515. The van der Waals surface area contributed by atoms with Crippen molar-refractivity contribution < 1.29 is 23.1 Å². The van der Waals surface area contributed by atoms with Gasteiger partial charge in [-0.1, -0.05) is 0 Å². The minimum atomic E-state index is -3.10. The molecule has 3 fully saturated rings. The number of hydrogen-bond acceptors (Lipinski definition) is 9. The minimum Gasteiger partial charge on any atom is -0.446 e. The van der Waals surface area contributed by atoms with Gasteiger partial charge < -0.3 is 19.9 Å². The average Bonchev–Trinajstić information content (AvgIpc) is 3.27. The highest BCUT2D eigenvalue weighted by Gasteiger charge is 2.48. The van der Waals surface area contributed by atoms with E-state index in [-0.39, 0.29) is 36.4 Å². The second kappa shape index (κ2) is 10.6. The van der Waals surface area contributed by atoms with Crippen molar-refractivity contribution in [1.29, 1.82) is 0 Å². The molecule has 38 heavy (non-hydrogen) atoms. The summed E-state index contributed by atoms with van der Waals surface area (Å²) in [5, 5.41) is 8.90. The van der Waals surface area contributed by atoms with Crippen LogP contribution in [0.3, 0.4) is 0 Å². The molecule has 2 aromatic heterocycles. The smallest absolute Gasteiger partial charge is 0.413 e. The molecule has 0 aromatic carbocycles. The Hall–Kier alpha value is -3.13. The number of piperidine rings is 2. The Bertz CT molecular complexity index is 1170. The van der Waals surface area contributed by atoms with Gasteiger partial charge >= 0.3 is 12.1 Å². The summed E-state index contributed by atoms with van der Waals surface area (Å²) in [4.78, 5) is 41.2. The maximum Gasteiger partial charge on any atom is 0.413 e. The number of aromatic nitrogens is 3. The maximum absolute atomic E-state index is 14.9. The fourth-order valence-corrected chi connectivity index (χ4v) is 6.07. The summed E-state index contributed by atoms with van der Waals surface area (Å²) in [5.41, 5.74) is 0.286. The van der Waals surface area contributed by atoms with E-state index in [1.807, 2.05) is 6.92 Å². The second-order valence-electron chi connectivity index (χ2n) is 10.3. The highest BCUT2D eigenvalue weighted by Crippen LogP contribution is 2.49. The summed E-state index contributed by atoms with van der Waals surface area (Å²) in [5.74, 6) is -2.70. The standard InChI is InChI=1S/C24H32F2N8O3S/c1-15-13-29-20(38-15)32-21(35)33(2)17-14-34(10-6-24(17,25)26)19-28-7-3-18(30-19)31-22(36)37-16-11-23(12-16)4-8-27-9-5-23/h3,7,13,16-17,27H,4-6,8-12,14H2,1-2H3,(H,29,32,35)(H,28,30,31,36)/t17-/m0/s1. The number of ether oxygens (including phenoxy) is 1. The van der Waals surface area contributed by atoms with Crippen LogP contribution in [-0.4, -0.2) is 83.3 Å². The van der Waals surface area contributed by atoms with E-state index in [1.165, 1.54) is 30.6 Å². The normalized spacial score (nSPS) is 22.4. The van der Waals surface area contributed by atoms with Gasteiger partial charge in [-0.05, 0) is 57.2 Å². The molecular formula is C24H32F2N8O3S. The molecule has 0 bridgehead atoms. The topological polar surface area (TPSA) is 125 Å². The number of carbonyl (C=O) groups excluding carboxylic acids is 2. The minimum absolute atomic E-state index is 0.00243. The molecule has 1 atom stereocenters. The number of urea groups is 1. The van der Waals surface area contributed by atoms with Crippen molar-refractivity contribution in [3.05, 3.63) is 23.3 Å². The molecule has 0 unspecified atom stereocenters. The van der Waals surface area contributed by atoms with Crippen LogP contribution in [-0.2, 0) is 4.74 Å². The van der Waals surface area contributed by atoms with E-state index in [1.54, 1.807) is 11.1 Å². The van der Waals surface area contributed by atoms with E-state index >= 15 is 0 Å². The van der Waals surface area contributed by atoms with E-state index in [0.29, 0.717) is 5.13 Å². The number of nitrogens with zero attached hydrogens (tertiary/aromatic N) is 5. The third-order valence-corrected chi connectivity index (χ3v) is 8.46. The molecule has 3 N–H and O–H groups in total. The highest BCUT2D eigenvalue weighted by molar-refractivity contribution is 7.15. The lowest BCUT2D eigenvalue weighted by molar-refractivity contribution is -0.0760. The Morgan fingerprint density at radius 2 is 1.97 bits per heavy atom. The SMILES string of the molecule is Cc1cnc(NC(=O)N(C)[C@H]2CN(c3nccc(NC(=O)OC4CC5(CCNCC5)C4)n3)CCC2(F)F)s1. The van der Waals surface area contributed by atoms with Crippen LogP contribution < -0.4 is 20.9 Å². The van der Waals surface area contributed by atoms with Gasteiger partial charge in [-0.15, -0.1) is 11.3 Å². The fraction of sp³-hybridized carbons (Fsp3) is 0.625. The zero-order chi connectivity index (χ0) is 26.9. The number of nitrogens with one attached hydrogen (secondary N) is 3. The number of thiazole rings is 1. The lowest BCUT2D eigenvalue weighted by atomic mass is 9.62. The van der Waals surface area contributed by atoms with Gasteiger partial charge in [-0.2, -0.15) is 4.98 Å². The summed E-state index contributed by atoms with van der Waals surface area (Å²) in [6.45, 7) is 3.65. The predicted octanol–water partition coefficient (Wildman–Crippen LogP) is 3.70. The van der Waals surface area contributed by atoms with Crippen LogP contribution in [0.1, 0.15) is 37.0 Å². The van der Waals surface area contributed by atoms with Crippen molar-refractivity contribution in [2.45, 2.75) is 57.1 Å². The number of carbonyl (C=O) groups is 2. The van der Waals surface area contributed by atoms with Gasteiger partial charge in [0.15, 0.2) is 5.13 Å². The van der Waals surface area contributed by atoms with Crippen LogP contribution in [0.2, 0.25) is 0 Å². The van der Waals surface area contributed by atoms with Crippen molar-refractivity contribution in [3.63, 3.8) is 0 Å². The van der Waals surface area contributed by atoms with Crippen molar-refractivity contribution in [1.82, 2.24) is 25.2 Å². The predicted molar refractivity (Wildman–Crippen MR) is 139 cm³/mol. The van der Waals surface area contributed by atoms with Gasteiger partial charge in [0.2, 0.25) is 5.95 Å². The summed E-state index contributed by atoms with van der Waals surface area (Å²) in [6, 6.07) is -0.568.